The highest BCUT2D eigenvalue weighted by molar-refractivity contribution is 5.05. The van der Waals surface area contributed by atoms with E-state index in [1.807, 2.05) is 6.92 Å². The van der Waals surface area contributed by atoms with Gasteiger partial charge in [-0.05, 0) is 54.0 Å². The highest BCUT2D eigenvalue weighted by Crippen LogP contribution is 2.20. The smallest absolute Gasteiger partial charge is 0.105 e. The lowest BCUT2D eigenvalue weighted by atomic mass is 9.93. The Morgan fingerprint density at radius 3 is 2.14 bits per heavy atom. The fourth-order valence-corrected chi connectivity index (χ4v) is 3.11. The van der Waals surface area contributed by atoms with E-state index in [-0.39, 0.29) is 5.54 Å². The van der Waals surface area contributed by atoms with Gasteiger partial charge < -0.3 is 0 Å². The lowest BCUT2D eigenvalue weighted by Crippen LogP contribution is -2.56. The summed E-state index contributed by atoms with van der Waals surface area (Å²) in [5.41, 5.74) is -0.143. The molecule has 21 heavy (non-hydrogen) atoms. The molecular formula is C17H34N4. The number of nitrogens with zero attached hydrogens (tertiary/aromatic N) is 3. The minimum Gasteiger partial charge on any atom is -0.300 e. The Labute approximate surface area is 131 Å². The van der Waals surface area contributed by atoms with Crippen LogP contribution in [0, 0.1) is 11.3 Å². The van der Waals surface area contributed by atoms with Crippen molar-refractivity contribution in [3.8, 4) is 6.07 Å². The predicted octanol–water partition coefficient (Wildman–Crippen LogP) is 2.46. The van der Waals surface area contributed by atoms with E-state index in [4.69, 9.17) is 0 Å². The molecule has 1 heterocycles. The van der Waals surface area contributed by atoms with Crippen molar-refractivity contribution in [3.63, 3.8) is 0 Å². The summed E-state index contributed by atoms with van der Waals surface area (Å²) in [6.45, 7) is 18.7. The topological polar surface area (TPSA) is 42.3 Å². The molecule has 0 aliphatic carbocycles. The maximum absolute atomic E-state index is 9.47. The molecule has 2 unspecified atom stereocenters. The van der Waals surface area contributed by atoms with Crippen molar-refractivity contribution in [3.05, 3.63) is 0 Å². The molecule has 0 aromatic carbocycles. The number of hydrogen-bond donors (Lipinski definition) is 1. The highest BCUT2D eigenvalue weighted by atomic mass is 15.3. The zero-order chi connectivity index (χ0) is 16.1. The molecule has 2 atom stereocenters. The summed E-state index contributed by atoms with van der Waals surface area (Å²) in [7, 11) is 0. The van der Waals surface area contributed by atoms with Crippen molar-refractivity contribution in [2.24, 2.45) is 0 Å². The third-order valence-electron chi connectivity index (χ3n) is 4.60. The molecule has 1 N–H and O–H groups in total. The molecule has 1 aliphatic rings. The van der Waals surface area contributed by atoms with Crippen LogP contribution in [0.2, 0.25) is 0 Å². The van der Waals surface area contributed by atoms with Gasteiger partial charge in [-0.1, -0.05) is 6.92 Å². The van der Waals surface area contributed by atoms with Crippen molar-refractivity contribution in [2.75, 3.05) is 32.7 Å². The lowest BCUT2D eigenvalue weighted by Gasteiger charge is -2.45. The average molecular weight is 294 g/mol. The van der Waals surface area contributed by atoms with Gasteiger partial charge in [0.1, 0.15) is 5.54 Å². The van der Waals surface area contributed by atoms with E-state index >= 15 is 0 Å². The van der Waals surface area contributed by atoms with Crippen LogP contribution < -0.4 is 5.32 Å². The fraction of sp³-hybridized carbons (Fsp3) is 0.941. The Balaban J connectivity index is 2.50. The zero-order valence-corrected chi connectivity index (χ0v) is 14.9. The first-order chi connectivity index (χ1) is 9.72. The molecule has 0 aromatic rings. The van der Waals surface area contributed by atoms with Gasteiger partial charge in [0.15, 0.2) is 0 Å². The maximum Gasteiger partial charge on any atom is 0.105 e. The molecule has 1 rings (SSSR count). The lowest BCUT2D eigenvalue weighted by molar-refractivity contribution is 0.0400. The SMILES string of the molecule is CCCNC(C)(C#N)CC(C)N1CCN(C(C)(C)C)CC1. The van der Waals surface area contributed by atoms with Gasteiger partial charge >= 0.3 is 0 Å². The second-order valence-corrected chi connectivity index (χ2v) is 7.62. The molecule has 0 radical (unpaired) electrons. The Morgan fingerprint density at radius 1 is 1.14 bits per heavy atom. The van der Waals surface area contributed by atoms with Crippen LogP contribution in [0.25, 0.3) is 0 Å². The minimum atomic E-state index is -0.406. The quantitative estimate of drug-likeness (QED) is 0.817. The van der Waals surface area contributed by atoms with E-state index in [1.54, 1.807) is 0 Å². The molecule has 4 nitrogen and oxygen atoms in total. The first-order valence-corrected chi connectivity index (χ1v) is 8.37. The van der Waals surface area contributed by atoms with E-state index in [9.17, 15) is 5.26 Å². The van der Waals surface area contributed by atoms with Gasteiger partial charge in [0.2, 0.25) is 0 Å². The Hall–Kier alpha value is -0.630. The van der Waals surface area contributed by atoms with Crippen LogP contribution in [-0.2, 0) is 0 Å². The van der Waals surface area contributed by atoms with Crippen molar-refractivity contribution in [2.45, 2.75) is 71.5 Å². The summed E-state index contributed by atoms with van der Waals surface area (Å²) in [5.74, 6) is 0. The Kier molecular flexibility index (Phi) is 6.65. The summed E-state index contributed by atoms with van der Waals surface area (Å²) in [6.07, 6.45) is 1.95. The summed E-state index contributed by atoms with van der Waals surface area (Å²) >= 11 is 0. The first-order valence-electron chi connectivity index (χ1n) is 8.37. The van der Waals surface area contributed by atoms with Crippen molar-refractivity contribution >= 4 is 0 Å². The third-order valence-corrected chi connectivity index (χ3v) is 4.60. The highest BCUT2D eigenvalue weighted by Gasteiger charge is 2.31. The Bertz CT molecular complexity index is 347. The van der Waals surface area contributed by atoms with Gasteiger partial charge in [0.05, 0.1) is 6.07 Å². The standard InChI is InChI=1S/C17H34N4/c1-7-8-19-17(6,14-18)13-15(2)20-9-11-21(12-10-20)16(3,4)5/h15,19H,7-13H2,1-6H3. The molecule has 1 aliphatic heterocycles. The first kappa shape index (κ1) is 18.4. The number of rotatable bonds is 6. The van der Waals surface area contributed by atoms with Crippen LogP contribution in [0.4, 0.5) is 0 Å². The molecule has 0 saturated carbocycles. The van der Waals surface area contributed by atoms with Crippen LogP contribution in [-0.4, -0.2) is 59.6 Å². The van der Waals surface area contributed by atoms with Crippen LogP contribution in [0.1, 0.15) is 54.4 Å². The van der Waals surface area contributed by atoms with Gasteiger partial charge in [0, 0.05) is 37.8 Å². The summed E-state index contributed by atoms with van der Waals surface area (Å²) < 4.78 is 0. The second-order valence-electron chi connectivity index (χ2n) is 7.62. The molecule has 122 valence electrons. The van der Waals surface area contributed by atoms with Crippen molar-refractivity contribution < 1.29 is 0 Å². The van der Waals surface area contributed by atoms with Gasteiger partial charge in [-0.15, -0.1) is 0 Å². The van der Waals surface area contributed by atoms with E-state index in [1.165, 1.54) is 0 Å². The Morgan fingerprint density at radius 2 is 1.71 bits per heavy atom. The van der Waals surface area contributed by atoms with Crippen molar-refractivity contribution in [1.29, 1.82) is 5.26 Å². The molecular weight excluding hydrogens is 260 g/mol. The summed E-state index contributed by atoms with van der Waals surface area (Å²) in [5, 5.41) is 12.9. The van der Waals surface area contributed by atoms with Gasteiger partial charge in [-0.2, -0.15) is 5.26 Å². The van der Waals surface area contributed by atoms with Crippen molar-refractivity contribution in [1.82, 2.24) is 15.1 Å². The second kappa shape index (κ2) is 7.58. The van der Waals surface area contributed by atoms with Crippen LogP contribution >= 0.6 is 0 Å². The largest absolute Gasteiger partial charge is 0.300 e. The van der Waals surface area contributed by atoms with Gasteiger partial charge in [-0.3, -0.25) is 15.1 Å². The summed E-state index contributed by atoms with van der Waals surface area (Å²) in [6, 6.07) is 2.91. The number of hydrogen-bond acceptors (Lipinski definition) is 4. The van der Waals surface area contributed by atoms with E-state index < -0.39 is 5.54 Å². The van der Waals surface area contributed by atoms with Crippen LogP contribution in [0.5, 0.6) is 0 Å². The number of piperazine rings is 1. The number of nitriles is 1. The van der Waals surface area contributed by atoms with E-state index in [2.05, 4.69) is 55.8 Å². The summed E-state index contributed by atoms with van der Waals surface area (Å²) in [4.78, 5) is 5.08. The molecule has 4 heteroatoms. The number of nitrogens with one attached hydrogen (secondary N) is 1. The zero-order valence-electron chi connectivity index (χ0n) is 14.9. The monoisotopic (exact) mass is 294 g/mol. The fourth-order valence-electron chi connectivity index (χ4n) is 3.11. The normalized spacial score (nSPS) is 22.5. The van der Waals surface area contributed by atoms with E-state index in [0.717, 1.165) is 45.6 Å². The van der Waals surface area contributed by atoms with E-state index in [0.29, 0.717) is 6.04 Å². The molecule has 1 fully saturated rings. The third kappa shape index (κ3) is 5.58. The molecule has 0 bridgehead atoms. The molecule has 1 saturated heterocycles. The van der Waals surface area contributed by atoms with Gasteiger partial charge in [-0.25, -0.2) is 0 Å². The van der Waals surface area contributed by atoms with Crippen LogP contribution in [0.15, 0.2) is 0 Å². The maximum atomic E-state index is 9.47. The predicted molar refractivity (Wildman–Crippen MR) is 89.3 cm³/mol. The molecule has 0 spiro atoms. The average Bonchev–Trinajstić information content (AvgIpc) is 2.44. The molecule has 0 aromatic heterocycles. The van der Waals surface area contributed by atoms with Gasteiger partial charge in [0.25, 0.3) is 0 Å². The van der Waals surface area contributed by atoms with Crippen LogP contribution in [0.3, 0.4) is 0 Å². The minimum absolute atomic E-state index is 0.263. The molecule has 0 amide bonds.